The normalized spacial score (nSPS) is 24.1. The molecular weight excluding hydrogens is 635 g/mol. The topological polar surface area (TPSA) is 266 Å². The second-order valence-corrected chi connectivity index (χ2v) is 13.9. The van der Waals surface area contributed by atoms with Gasteiger partial charge in [-0.2, -0.15) is 8.62 Å². The lowest BCUT2D eigenvalue weighted by Gasteiger charge is -2.19. The van der Waals surface area contributed by atoms with E-state index in [4.69, 9.17) is 14.5 Å². The van der Waals surface area contributed by atoms with Crippen LogP contribution in [0.1, 0.15) is 11.2 Å². The standard InChI is InChI=1S/C19H22N3O15P3S/c23-15-6-7-21(19(26)22(15)9-14-20-8-13(41-14)11-4-2-1-3-5-11)18-17(25)16(24)12(35-18)10-34-39(30,31)37-40(32,33)36-38(27,28)29/h1-8,12,16-18,24-25H,9-10H2,(H,30,31)(H,32,33)(H2,27,28,29)/t12-,16+,17?,18-/m1/s1. The van der Waals surface area contributed by atoms with E-state index in [0.29, 0.717) is 5.01 Å². The summed E-state index contributed by atoms with van der Waals surface area (Å²) < 4.78 is 52.8. The van der Waals surface area contributed by atoms with Crippen LogP contribution in [0.25, 0.3) is 10.4 Å². The minimum Gasteiger partial charge on any atom is -0.387 e. The quantitative estimate of drug-likeness (QED) is 0.150. The average molecular weight is 657 g/mol. The highest BCUT2D eigenvalue weighted by Gasteiger charge is 2.47. The van der Waals surface area contributed by atoms with E-state index in [9.17, 15) is 43.3 Å². The van der Waals surface area contributed by atoms with Crippen LogP contribution in [0.15, 0.2) is 58.4 Å². The lowest BCUT2D eigenvalue weighted by atomic mass is 10.1. The fourth-order valence-corrected chi connectivity index (χ4v) is 7.63. The maximum absolute atomic E-state index is 13.2. The lowest BCUT2D eigenvalue weighted by Crippen LogP contribution is -2.43. The van der Waals surface area contributed by atoms with Crippen molar-refractivity contribution < 1.29 is 61.4 Å². The zero-order chi connectivity index (χ0) is 30.2. The van der Waals surface area contributed by atoms with Crippen LogP contribution >= 0.6 is 34.8 Å². The Kier molecular flexibility index (Phi) is 9.45. The number of phosphoric ester groups is 1. The summed E-state index contributed by atoms with van der Waals surface area (Å²) in [6, 6.07) is 10.3. The molecule has 1 aliphatic rings. The van der Waals surface area contributed by atoms with Gasteiger partial charge in [0.15, 0.2) is 6.23 Å². The molecule has 1 fully saturated rings. The molecule has 4 rings (SSSR count). The first-order valence-electron chi connectivity index (χ1n) is 11.2. The number of thiazole rings is 1. The fourth-order valence-electron chi connectivity index (χ4n) is 3.69. The minimum absolute atomic E-state index is 0.225. The van der Waals surface area contributed by atoms with Crippen molar-refractivity contribution in [3.05, 3.63) is 74.6 Å². The third-order valence-corrected chi connectivity index (χ3v) is 10.3. The van der Waals surface area contributed by atoms with Crippen LogP contribution in [-0.4, -0.2) is 68.8 Å². The van der Waals surface area contributed by atoms with Crippen molar-refractivity contribution in [2.24, 2.45) is 0 Å². The first kappa shape index (κ1) is 31.7. The molecule has 22 heteroatoms. The number of hydrogen-bond acceptors (Lipinski definition) is 13. The number of nitrogens with zero attached hydrogens (tertiary/aromatic N) is 3. The van der Waals surface area contributed by atoms with Crippen molar-refractivity contribution >= 4 is 34.8 Å². The van der Waals surface area contributed by atoms with Gasteiger partial charge in [0.1, 0.15) is 23.3 Å². The van der Waals surface area contributed by atoms with Gasteiger partial charge in [-0.3, -0.25) is 18.5 Å². The number of aromatic nitrogens is 3. The third kappa shape index (κ3) is 8.01. The zero-order valence-corrected chi connectivity index (χ0v) is 23.8. The summed E-state index contributed by atoms with van der Waals surface area (Å²) in [4.78, 5) is 66.7. The minimum atomic E-state index is -5.78. The molecule has 0 amide bonds. The van der Waals surface area contributed by atoms with Gasteiger partial charge in [-0.25, -0.2) is 23.5 Å². The summed E-state index contributed by atoms with van der Waals surface area (Å²) in [5.41, 5.74) is -0.758. The predicted molar refractivity (Wildman–Crippen MR) is 137 cm³/mol. The molecule has 3 aromatic rings. The average Bonchev–Trinajstić information content (AvgIpc) is 3.44. The van der Waals surface area contributed by atoms with Crippen LogP contribution in [0.2, 0.25) is 0 Å². The van der Waals surface area contributed by atoms with Crippen molar-refractivity contribution in [2.75, 3.05) is 6.61 Å². The van der Waals surface area contributed by atoms with Crippen molar-refractivity contribution in [1.29, 1.82) is 0 Å². The molecule has 1 aromatic carbocycles. The van der Waals surface area contributed by atoms with Gasteiger partial charge in [-0.15, -0.1) is 11.3 Å². The van der Waals surface area contributed by atoms with Crippen LogP contribution in [0.3, 0.4) is 0 Å². The zero-order valence-electron chi connectivity index (χ0n) is 20.3. The Morgan fingerprint density at radius 1 is 0.951 bits per heavy atom. The molecule has 0 aliphatic carbocycles. The Morgan fingerprint density at radius 2 is 1.63 bits per heavy atom. The second kappa shape index (κ2) is 12.2. The first-order chi connectivity index (χ1) is 19.1. The van der Waals surface area contributed by atoms with E-state index in [-0.39, 0.29) is 6.54 Å². The highest BCUT2D eigenvalue weighted by molar-refractivity contribution is 7.66. The third-order valence-electron chi connectivity index (χ3n) is 5.43. The van der Waals surface area contributed by atoms with E-state index in [1.807, 2.05) is 30.3 Å². The SMILES string of the molecule is O=c1ccn([C@@H]2O[C@H](COP(=O)(O)OP(=O)(O)OP(=O)(O)O)[C@H](O)C2O)c(=O)n1Cc1ncc(-c2ccccc2)s1. The van der Waals surface area contributed by atoms with Crippen molar-refractivity contribution in [1.82, 2.24) is 14.1 Å². The lowest BCUT2D eigenvalue weighted by molar-refractivity contribution is -0.0547. The van der Waals surface area contributed by atoms with E-state index < -0.39 is 65.9 Å². The van der Waals surface area contributed by atoms with Crippen LogP contribution in [0, 0.1) is 0 Å². The number of phosphoric acid groups is 3. The number of ether oxygens (including phenoxy) is 1. The Hall–Kier alpha value is -2.18. The Balaban J connectivity index is 1.48. The van der Waals surface area contributed by atoms with E-state index in [0.717, 1.165) is 31.8 Å². The van der Waals surface area contributed by atoms with Gasteiger partial charge in [-0.05, 0) is 5.56 Å². The number of hydrogen-bond donors (Lipinski definition) is 6. The Morgan fingerprint density at radius 3 is 2.29 bits per heavy atom. The van der Waals surface area contributed by atoms with Crippen LogP contribution in [0.4, 0.5) is 0 Å². The van der Waals surface area contributed by atoms with E-state index in [1.165, 1.54) is 11.3 Å². The molecule has 3 heterocycles. The largest absolute Gasteiger partial charge is 0.490 e. The van der Waals surface area contributed by atoms with Crippen LogP contribution in [0.5, 0.6) is 0 Å². The van der Waals surface area contributed by atoms with Crippen LogP contribution < -0.4 is 11.2 Å². The van der Waals surface area contributed by atoms with Crippen LogP contribution in [-0.2, 0) is 38.1 Å². The number of rotatable bonds is 11. The smallest absolute Gasteiger partial charge is 0.387 e. The van der Waals surface area contributed by atoms with Gasteiger partial charge >= 0.3 is 29.2 Å². The molecular formula is C19H22N3O15P3S. The highest BCUT2D eigenvalue weighted by atomic mass is 32.1. The van der Waals surface area contributed by atoms with Gasteiger partial charge in [0.05, 0.1) is 18.0 Å². The van der Waals surface area contributed by atoms with Gasteiger partial charge in [0.2, 0.25) is 0 Å². The summed E-state index contributed by atoms with van der Waals surface area (Å²) >= 11 is 1.24. The van der Waals surface area contributed by atoms with Gasteiger partial charge in [0, 0.05) is 18.5 Å². The van der Waals surface area contributed by atoms with Gasteiger partial charge in [0.25, 0.3) is 5.56 Å². The Labute approximate surface area is 233 Å². The summed E-state index contributed by atoms with van der Waals surface area (Å²) in [6.07, 6.45) is -4.31. The highest BCUT2D eigenvalue weighted by Crippen LogP contribution is 2.66. The van der Waals surface area contributed by atoms with Gasteiger partial charge in [-0.1, -0.05) is 30.3 Å². The molecule has 18 nitrogen and oxygen atoms in total. The summed E-state index contributed by atoms with van der Waals surface area (Å²) in [5, 5.41) is 21.2. The van der Waals surface area contributed by atoms with Crippen molar-refractivity contribution in [3.63, 3.8) is 0 Å². The molecule has 0 spiro atoms. The van der Waals surface area contributed by atoms with Gasteiger partial charge < -0.3 is 34.5 Å². The monoisotopic (exact) mass is 657 g/mol. The molecule has 1 saturated heterocycles. The molecule has 6 N–H and O–H groups in total. The maximum atomic E-state index is 13.2. The summed E-state index contributed by atoms with van der Waals surface area (Å²) in [6.45, 7) is -1.30. The molecule has 224 valence electrons. The molecule has 0 bridgehead atoms. The molecule has 41 heavy (non-hydrogen) atoms. The van der Waals surface area contributed by atoms with Crippen molar-refractivity contribution in [2.45, 2.75) is 31.1 Å². The summed E-state index contributed by atoms with van der Waals surface area (Å²) in [7, 11) is -16.9. The molecule has 2 aromatic heterocycles. The Bertz CT molecular complexity index is 1650. The molecule has 6 atom stereocenters. The van der Waals surface area contributed by atoms with E-state index >= 15 is 0 Å². The number of benzene rings is 1. The molecule has 3 unspecified atom stereocenters. The second-order valence-electron chi connectivity index (χ2n) is 8.35. The first-order valence-corrected chi connectivity index (χ1v) is 16.5. The fraction of sp³-hybridized carbons (Fsp3) is 0.316. The number of aliphatic hydroxyl groups is 2. The summed E-state index contributed by atoms with van der Waals surface area (Å²) in [5.74, 6) is 0. The molecule has 0 saturated carbocycles. The molecule has 0 radical (unpaired) electrons. The van der Waals surface area contributed by atoms with E-state index in [1.54, 1.807) is 6.20 Å². The van der Waals surface area contributed by atoms with Crippen molar-refractivity contribution in [3.8, 4) is 10.4 Å². The van der Waals surface area contributed by atoms with E-state index in [2.05, 4.69) is 18.1 Å². The number of aliphatic hydroxyl groups excluding tert-OH is 2. The predicted octanol–water partition coefficient (Wildman–Crippen LogP) is 0.144. The maximum Gasteiger partial charge on any atom is 0.490 e. The molecule has 1 aliphatic heterocycles.